The Morgan fingerprint density at radius 3 is 2.52 bits per heavy atom. The van der Waals surface area contributed by atoms with Crippen molar-refractivity contribution in [3.63, 3.8) is 0 Å². The molecule has 6 heteroatoms. The number of halogens is 3. The lowest BCUT2D eigenvalue weighted by Gasteiger charge is -2.22. The number of hydrogen-bond acceptors (Lipinski definition) is 1. The number of primary amides is 1. The van der Waals surface area contributed by atoms with Gasteiger partial charge >= 0.3 is 6.18 Å². The standard InChI is InChI=1S/C25H27F3N2O/c26-25(27,28)19-10-6-9-18(13-19)21(14-24(29)31)22-16-30(15-17-7-2-1-3-8-17)23-12-5-4-11-20(22)23/h4-6,9-13,16-17,21H,1-3,7-8,14-15H2,(H2,29,31). The molecule has 164 valence electrons. The summed E-state index contributed by atoms with van der Waals surface area (Å²) in [6, 6.07) is 13.1. The summed E-state index contributed by atoms with van der Waals surface area (Å²) < 4.78 is 42.2. The first-order valence-corrected chi connectivity index (χ1v) is 10.9. The largest absolute Gasteiger partial charge is 0.416 e. The van der Waals surface area contributed by atoms with Gasteiger partial charge in [0.25, 0.3) is 0 Å². The van der Waals surface area contributed by atoms with Crippen LogP contribution in [0.4, 0.5) is 13.2 Å². The molecule has 31 heavy (non-hydrogen) atoms. The van der Waals surface area contributed by atoms with Crippen molar-refractivity contribution < 1.29 is 18.0 Å². The second-order valence-electron chi connectivity index (χ2n) is 8.60. The van der Waals surface area contributed by atoms with Crippen molar-refractivity contribution in [2.45, 2.75) is 57.2 Å². The summed E-state index contributed by atoms with van der Waals surface area (Å²) in [5, 5.41) is 0.960. The van der Waals surface area contributed by atoms with E-state index in [1.54, 1.807) is 6.07 Å². The van der Waals surface area contributed by atoms with E-state index in [1.165, 1.54) is 38.2 Å². The summed E-state index contributed by atoms with van der Waals surface area (Å²) in [4.78, 5) is 11.9. The lowest BCUT2D eigenvalue weighted by molar-refractivity contribution is -0.137. The lowest BCUT2D eigenvalue weighted by atomic mass is 9.87. The molecule has 0 aliphatic heterocycles. The summed E-state index contributed by atoms with van der Waals surface area (Å²) >= 11 is 0. The maximum absolute atomic E-state index is 13.3. The average Bonchev–Trinajstić information content (AvgIpc) is 3.10. The number of para-hydroxylation sites is 1. The molecular weight excluding hydrogens is 401 g/mol. The number of nitrogens with zero attached hydrogens (tertiary/aromatic N) is 1. The van der Waals surface area contributed by atoms with Gasteiger partial charge in [0.15, 0.2) is 0 Å². The number of rotatable bonds is 6. The molecule has 1 saturated carbocycles. The molecule has 3 nitrogen and oxygen atoms in total. The Hall–Kier alpha value is -2.76. The SMILES string of the molecule is NC(=O)CC(c1cccc(C(F)(F)F)c1)c1cn(CC2CCCCC2)c2ccccc12. The fourth-order valence-electron chi connectivity index (χ4n) is 4.89. The van der Waals surface area contributed by atoms with Crippen molar-refractivity contribution in [2.24, 2.45) is 11.7 Å². The predicted octanol–water partition coefficient (Wildman–Crippen LogP) is 6.25. The molecule has 2 N–H and O–H groups in total. The number of fused-ring (bicyclic) bond motifs is 1. The van der Waals surface area contributed by atoms with E-state index in [0.29, 0.717) is 11.5 Å². The van der Waals surface area contributed by atoms with E-state index in [2.05, 4.69) is 4.57 Å². The number of carbonyl (C=O) groups is 1. The van der Waals surface area contributed by atoms with E-state index in [0.717, 1.165) is 35.1 Å². The smallest absolute Gasteiger partial charge is 0.370 e. The number of aromatic nitrogens is 1. The quantitative estimate of drug-likeness (QED) is 0.496. The van der Waals surface area contributed by atoms with E-state index < -0.39 is 23.6 Å². The van der Waals surface area contributed by atoms with Crippen molar-refractivity contribution >= 4 is 16.8 Å². The molecule has 1 aliphatic rings. The van der Waals surface area contributed by atoms with Crippen LogP contribution in [0.2, 0.25) is 0 Å². The first-order valence-electron chi connectivity index (χ1n) is 10.9. The summed E-state index contributed by atoms with van der Waals surface area (Å²) in [5.41, 5.74) is 7.16. The van der Waals surface area contributed by atoms with Gasteiger partial charge in [-0.2, -0.15) is 13.2 Å². The molecule has 4 rings (SSSR count). The second kappa shape index (κ2) is 8.77. The number of benzene rings is 2. The molecule has 0 spiro atoms. The molecule has 0 saturated heterocycles. The number of nitrogens with two attached hydrogens (primary N) is 1. The van der Waals surface area contributed by atoms with Crippen LogP contribution in [0.3, 0.4) is 0 Å². The molecule has 1 heterocycles. The van der Waals surface area contributed by atoms with Crippen LogP contribution in [0.15, 0.2) is 54.7 Å². The van der Waals surface area contributed by atoms with Gasteiger partial charge in [0, 0.05) is 36.0 Å². The lowest BCUT2D eigenvalue weighted by Crippen LogP contribution is -2.17. The molecule has 0 radical (unpaired) electrons. The van der Waals surface area contributed by atoms with E-state index in [-0.39, 0.29) is 6.42 Å². The molecular formula is C25H27F3N2O. The van der Waals surface area contributed by atoms with Crippen molar-refractivity contribution in [1.29, 1.82) is 0 Å². The van der Waals surface area contributed by atoms with Crippen LogP contribution in [0.5, 0.6) is 0 Å². The van der Waals surface area contributed by atoms with Crippen molar-refractivity contribution in [2.75, 3.05) is 0 Å². The maximum atomic E-state index is 13.3. The van der Waals surface area contributed by atoms with Crippen LogP contribution < -0.4 is 5.73 Å². The minimum atomic E-state index is -4.44. The van der Waals surface area contributed by atoms with Crippen LogP contribution >= 0.6 is 0 Å². The summed E-state index contributed by atoms with van der Waals surface area (Å²) in [6.45, 7) is 0.881. The topological polar surface area (TPSA) is 48.0 Å². The van der Waals surface area contributed by atoms with Crippen molar-refractivity contribution in [3.05, 3.63) is 71.4 Å². The first-order chi connectivity index (χ1) is 14.8. The Labute approximate surface area is 180 Å². The zero-order valence-electron chi connectivity index (χ0n) is 17.4. The van der Waals surface area contributed by atoms with Crippen LogP contribution in [-0.2, 0) is 17.5 Å². The third-order valence-electron chi connectivity index (χ3n) is 6.40. The zero-order chi connectivity index (χ0) is 22.0. The molecule has 1 amide bonds. The van der Waals surface area contributed by atoms with Crippen LogP contribution in [0.1, 0.15) is 61.1 Å². The maximum Gasteiger partial charge on any atom is 0.416 e. The highest BCUT2D eigenvalue weighted by molar-refractivity contribution is 5.86. The fourth-order valence-corrected chi connectivity index (χ4v) is 4.89. The molecule has 1 aromatic heterocycles. The monoisotopic (exact) mass is 428 g/mol. The number of hydrogen-bond donors (Lipinski definition) is 1. The predicted molar refractivity (Wildman–Crippen MR) is 116 cm³/mol. The Balaban J connectivity index is 1.78. The average molecular weight is 428 g/mol. The molecule has 3 aromatic rings. The molecule has 1 fully saturated rings. The fraction of sp³-hybridized carbons (Fsp3) is 0.400. The van der Waals surface area contributed by atoms with Crippen LogP contribution in [0, 0.1) is 5.92 Å². The molecule has 0 bridgehead atoms. The Morgan fingerprint density at radius 1 is 1.06 bits per heavy atom. The van der Waals surface area contributed by atoms with Gasteiger partial charge in [-0.15, -0.1) is 0 Å². The molecule has 1 aliphatic carbocycles. The minimum Gasteiger partial charge on any atom is -0.370 e. The highest BCUT2D eigenvalue weighted by Crippen LogP contribution is 2.38. The summed E-state index contributed by atoms with van der Waals surface area (Å²) in [7, 11) is 0. The molecule has 1 unspecified atom stereocenters. The van der Waals surface area contributed by atoms with Crippen LogP contribution in [0.25, 0.3) is 10.9 Å². The summed E-state index contributed by atoms with van der Waals surface area (Å²) in [5.74, 6) is -0.468. The van der Waals surface area contributed by atoms with Gasteiger partial charge in [-0.05, 0) is 42.0 Å². The van der Waals surface area contributed by atoms with Crippen molar-refractivity contribution in [1.82, 2.24) is 4.57 Å². The Kier molecular flexibility index (Phi) is 6.08. The van der Waals surface area contributed by atoms with Crippen LogP contribution in [-0.4, -0.2) is 10.5 Å². The number of amides is 1. The van der Waals surface area contributed by atoms with Gasteiger partial charge < -0.3 is 10.3 Å². The Bertz CT molecular complexity index is 1060. The minimum absolute atomic E-state index is 0.0429. The third kappa shape index (κ3) is 4.78. The zero-order valence-corrected chi connectivity index (χ0v) is 17.4. The van der Waals surface area contributed by atoms with Gasteiger partial charge in [0.05, 0.1) is 5.56 Å². The van der Waals surface area contributed by atoms with Crippen molar-refractivity contribution in [3.8, 4) is 0 Å². The van der Waals surface area contributed by atoms with E-state index in [4.69, 9.17) is 5.73 Å². The number of carbonyl (C=O) groups excluding carboxylic acids is 1. The highest BCUT2D eigenvalue weighted by atomic mass is 19.4. The number of alkyl halides is 3. The summed E-state index contributed by atoms with van der Waals surface area (Å²) in [6.07, 6.45) is 3.69. The van der Waals surface area contributed by atoms with Gasteiger partial charge in [0.2, 0.25) is 5.91 Å². The molecule has 2 aromatic carbocycles. The van der Waals surface area contributed by atoms with E-state index in [1.807, 2.05) is 30.5 Å². The van der Waals surface area contributed by atoms with Gasteiger partial charge in [0.1, 0.15) is 0 Å². The third-order valence-corrected chi connectivity index (χ3v) is 6.40. The van der Waals surface area contributed by atoms with E-state index >= 15 is 0 Å². The van der Waals surface area contributed by atoms with E-state index in [9.17, 15) is 18.0 Å². The normalized spacial score (nSPS) is 16.5. The highest BCUT2D eigenvalue weighted by Gasteiger charge is 2.32. The first kappa shape index (κ1) is 21.5. The van der Waals surface area contributed by atoms with Gasteiger partial charge in [-0.3, -0.25) is 4.79 Å². The van der Waals surface area contributed by atoms with Gasteiger partial charge in [-0.25, -0.2) is 0 Å². The second-order valence-corrected chi connectivity index (χ2v) is 8.60. The molecule has 1 atom stereocenters. The Morgan fingerprint density at radius 2 is 1.81 bits per heavy atom. The van der Waals surface area contributed by atoms with Gasteiger partial charge in [-0.1, -0.05) is 55.7 Å².